The second kappa shape index (κ2) is 8.22. The molecule has 1 N–H and O–H groups in total. The smallest absolute Gasteiger partial charge is 0.282 e. The van der Waals surface area contributed by atoms with Crippen molar-refractivity contribution in [2.24, 2.45) is 0 Å². The van der Waals surface area contributed by atoms with Crippen LogP contribution in [0.4, 0.5) is 14.5 Å². The summed E-state index contributed by atoms with van der Waals surface area (Å²) in [6.45, 7) is 2.74. The molecule has 27 heavy (non-hydrogen) atoms. The summed E-state index contributed by atoms with van der Waals surface area (Å²) in [6, 6.07) is 11.6. The van der Waals surface area contributed by atoms with Crippen LogP contribution in [0, 0.1) is 18.6 Å². The van der Waals surface area contributed by atoms with Gasteiger partial charge in [-0.1, -0.05) is 41.2 Å². The second-order valence-corrected chi connectivity index (χ2v) is 7.19. The van der Waals surface area contributed by atoms with Gasteiger partial charge in [0.05, 0.1) is 6.54 Å². The van der Waals surface area contributed by atoms with Crippen LogP contribution in [0.25, 0.3) is 0 Å². The van der Waals surface area contributed by atoms with Crippen LogP contribution in [0.2, 0.25) is 0 Å². The van der Waals surface area contributed by atoms with Gasteiger partial charge in [-0.25, -0.2) is 8.78 Å². The van der Waals surface area contributed by atoms with Crippen LogP contribution >= 0.6 is 11.3 Å². The Hall–Kier alpha value is -2.87. The van der Waals surface area contributed by atoms with E-state index in [1.165, 1.54) is 17.4 Å². The topological polar surface area (TPSA) is 58.1 Å². The van der Waals surface area contributed by atoms with Gasteiger partial charge in [0, 0.05) is 25.3 Å². The van der Waals surface area contributed by atoms with Crippen molar-refractivity contribution >= 4 is 22.9 Å². The zero-order chi connectivity index (χ0) is 19.4. The van der Waals surface area contributed by atoms with E-state index in [1.807, 2.05) is 31.2 Å². The number of hydrogen-bond acceptors (Lipinski definition) is 5. The lowest BCUT2D eigenvalue weighted by Crippen LogP contribution is -2.22. The van der Waals surface area contributed by atoms with Crippen LogP contribution in [-0.4, -0.2) is 23.2 Å². The quantitative estimate of drug-likeness (QED) is 0.700. The number of rotatable bonds is 6. The molecule has 1 aromatic heterocycles. The maximum atomic E-state index is 13.4. The highest BCUT2D eigenvalue weighted by Crippen LogP contribution is 2.20. The van der Waals surface area contributed by atoms with Gasteiger partial charge in [0.2, 0.25) is 5.01 Å². The lowest BCUT2D eigenvalue weighted by atomic mass is 10.1. The average Bonchev–Trinajstić information content (AvgIpc) is 3.11. The van der Waals surface area contributed by atoms with E-state index in [1.54, 1.807) is 11.9 Å². The number of anilines is 1. The van der Waals surface area contributed by atoms with Crippen LogP contribution in [-0.2, 0) is 13.1 Å². The van der Waals surface area contributed by atoms with E-state index in [2.05, 4.69) is 15.5 Å². The lowest BCUT2D eigenvalue weighted by molar-refractivity contribution is 0.0950. The molecule has 0 aliphatic rings. The van der Waals surface area contributed by atoms with Gasteiger partial charge < -0.3 is 10.2 Å². The maximum absolute atomic E-state index is 13.4. The molecule has 2 aromatic carbocycles. The fourth-order valence-electron chi connectivity index (χ4n) is 2.39. The van der Waals surface area contributed by atoms with Crippen LogP contribution in [0.1, 0.15) is 25.9 Å². The van der Waals surface area contributed by atoms with Crippen LogP contribution in [0.3, 0.4) is 0 Å². The summed E-state index contributed by atoms with van der Waals surface area (Å²) in [5.74, 6) is -2.10. The lowest BCUT2D eigenvalue weighted by Gasteiger charge is -2.17. The summed E-state index contributed by atoms with van der Waals surface area (Å²) < 4.78 is 26.4. The van der Waals surface area contributed by atoms with Crippen molar-refractivity contribution in [3.63, 3.8) is 0 Å². The van der Waals surface area contributed by atoms with Gasteiger partial charge in [0.25, 0.3) is 5.91 Å². The minimum atomic E-state index is -0.909. The normalized spacial score (nSPS) is 10.7. The van der Waals surface area contributed by atoms with E-state index in [-0.39, 0.29) is 10.9 Å². The van der Waals surface area contributed by atoms with Gasteiger partial charge in [0.1, 0.15) is 5.01 Å². The Morgan fingerprint density at radius 3 is 2.56 bits per heavy atom. The van der Waals surface area contributed by atoms with Crippen molar-refractivity contribution in [2.45, 2.75) is 20.0 Å². The minimum Gasteiger partial charge on any atom is -0.368 e. The highest BCUT2D eigenvalue weighted by Gasteiger charge is 2.14. The molecule has 0 saturated heterocycles. The number of hydrogen-bond donors (Lipinski definition) is 1. The highest BCUT2D eigenvalue weighted by atomic mass is 32.1. The molecular formula is C19H18F2N4OS. The molecule has 8 heteroatoms. The number of aromatic nitrogens is 2. The molecule has 0 aliphatic heterocycles. The number of nitrogens with zero attached hydrogens (tertiary/aromatic N) is 3. The maximum Gasteiger partial charge on any atom is 0.282 e. The summed E-state index contributed by atoms with van der Waals surface area (Å²) in [7, 11) is 1.73. The first-order valence-electron chi connectivity index (χ1n) is 8.24. The summed E-state index contributed by atoms with van der Waals surface area (Å²) in [4.78, 5) is 13.9. The third kappa shape index (κ3) is 4.85. The first-order valence-corrected chi connectivity index (χ1v) is 9.06. The molecule has 0 spiro atoms. The van der Waals surface area contributed by atoms with Crippen LogP contribution < -0.4 is 10.2 Å². The minimum absolute atomic E-state index is 0.260. The standard InChI is InChI=1S/C19H18F2N4OS/c1-12-3-5-13(6-4-12)10-22-18(26)19-24-23-17(27-19)11-25(2)14-7-8-15(20)16(21)9-14/h3-9H,10-11H2,1-2H3,(H,22,26). The number of benzene rings is 2. The van der Waals surface area contributed by atoms with Crippen molar-refractivity contribution in [2.75, 3.05) is 11.9 Å². The first kappa shape index (κ1) is 18.9. The van der Waals surface area contributed by atoms with Crippen molar-refractivity contribution in [1.29, 1.82) is 0 Å². The van der Waals surface area contributed by atoms with Crippen molar-refractivity contribution in [1.82, 2.24) is 15.5 Å². The Bertz CT molecular complexity index is 943. The molecule has 0 fully saturated rings. The van der Waals surface area contributed by atoms with Crippen molar-refractivity contribution in [3.8, 4) is 0 Å². The van der Waals surface area contributed by atoms with Gasteiger partial charge in [-0.2, -0.15) is 0 Å². The first-order chi connectivity index (χ1) is 12.9. The largest absolute Gasteiger partial charge is 0.368 e. The van der Waals surface area contributed by atoms with E-state index in [4.69, 9.17) is 0 Å². The SMILES string of the molecule is Cc1ccc(CNC(=O)c2nnc(CN(C)c3ccc(F)c(F)c3)s2)cc1. The molecule has 3 aromatic rings. The van der Waals surface area contributed by atoms with Crippen LogP contribution in [0.15, 0.2) is 42.5 Å². The van der Waals surface area contributed by atoms with E-state index in [9.17, 15) is 13.6 Å². The average molecular weight is 388 g/mol. The molecule has 0 atom stereocenters. The molecular weight excluding hydrogens is 370 g/mol. The molecule has 0 saturated carbocycles. The molecule has 1 amide bonds. The fourth-order valence-corrected chi connectivity index (χ4v) is 3.20. The van der Waals surface area contributed by atoms with E-state index in [0.717, 1.165) is 23.3 Å². The predicted molar refractivity (Wildman–Crippen MR) is 101 cm³/mol. The Labute approximate surface area is 159 Å². The number of carbonyl (C=O) groups excluding carboxylic acids is 1. The molecule has 1 heterocycles. The Balaban J connectivity index is 1.59. The summed E-state index contributed by atoms with van der Waals surface area (Å²) >= 11 is 1.17. The van der Waals surface area contributed by atoms with Gasteiger partial charge in [-0.15, -0.1) is 10.2 Å². The van der Waals surface area contributed by atoms with Gasteiger partial charge >= 0.3 is 0 Å². The van der Waals surface area contributed by atoms with Gasteiger partial charge in [-0.05, 0) is 24.6 Å². The Kier molecular flexibility index (Phi) is 5.75. The van der Waals surface area contributed by atoms with Gasteiger partial charge in [0.15, 0.2) is 11.6 Å². The zero-order valence-corrected chi connectivity index (χ0v) is 15.7. The molecule has 140 valence electrons. The van der Waals surface area contributed by atoms with E-state index in [0.29, 0.717) is 23.8 Å². The van der Waals surface area contributed by atoms with Crippen molar-refractivity contribution in [3.05, 3.63) is 75.2 Å². The molecule has 0 unspecified atom stereocenters. The van der Waals surface area contributed by atoms with Crippen molar-refractivity contribution < 1.29 is 13.6 Å². The van der Waals surface area contributed by atoms with E-state index >= 15 is 0 Å². The van der Waals surface area contributed by atoms with Gasteiger partial charge in [-0.3, -0.25) is 4.79 Å². The number of halogens is 2. The highest BCUT2D eigenvalue weighted by molar-refractivity contribution is 7.13. The number of carbonyl (C=O) groups is 1. The number of aryl methyl sites for hydroxylation is 1. The molecule has 0 aliphatic carbocycles. The Morgan fingerprint density at radius 1 is 1.11 bits per heavy atom. The van der Waals surface area contributed by atoms with Crippen LogP contribution in [0.5, 0.6) is 0 Å². The number of nitrogens with one attached hydrogen (secondary N) is 1. The summed E-state index contributed by atoms with van der Waals surface area (Å²) in [5, 5.41) is 11.6. The third-order valence-electron chi connectivity index (χ3n) is 3.95. The van der Waals surface area contributed by atoms with E-state index < -0.39 is 11.6 Å². The summed E-state index contributed by atoms with van der Waals surface area (Å²) in [6.07, 6.45) is 0. The molecule has 5 nitrogen and oxygen atoms in total. The molecule has 0 radical (unpaired) electrons. The monoisotopic (exact) mass is 388 g/mol. The third-order valence-corrected chi connectivity index (χ3v) is 4.86. The predicted octanol–water partition coefficient (Wildman–Crippen LogP) is 3.69. The second-order valence-electron chi connectivity index (χ2n) is 6.12. The summed E-state index contributed by atoms with van der Waals surface area (Å²) in [5.41, 5.74) is 2.66. The fraction of sp³-hybridized carbons (Fsp3) is 0.211. The Morgan fingerprint density at radius 2 is 1.85 bits per heavy atom. The zero-order valence-electron chi connectivity index (χ0n) is 14.9. The molecule has 3 rings (SSSR count). The number of amides is 1. The molecule has 0 bridgehead atoms.